The molecule has 0 amide bonds. The number of carbonyl (C=O) groups is 1. The van der Waals surface area contributed by atoms with Crippen LogP contribution in [0.2, 0.25) is 0 Å². The second kappa shape index (κ2) is 15.9. The van der Waals surface area contributed by atoms with E-state index in [2.05, 4.69) is 13.8 Å². The molecule has 0 aromatic rings. The Hall–Kier alpha value is -0.840. The number of ether oxygens (including phenoxy) is 1. The third kappa shape index (κ3) is 12.1. The fraction of sp³-hybridized carbons (Fsp3) is 0.870. The molecule has 0 N–H and O–H groups in total. The molecule has 1 rings (SSSR count). The lowest BCUT2D eigenvalue weighted by atomic mass is 10.0. The molecule has 0 spiro atoms. The number of hydrogen-bond acceptors (Lipinski definition) is 6. The predicted octanol–water partition coefficient (Wildman–Crippen LogP) is 7.19. The van der Waals surface area contributed by atoms with Crippen molar-refractivity contribution >= 4 is 14.3 Å². The van der Waals surface area contributed by atoms with Gasteiger partial charge in [-0.15, -0.1) is 0 Å². The topological polar surface area (TPSA) is 71.1 Å². The van der Waals surface area contributed by atoms with Crippen molar-refractivity contribution < 1.29 is 27.7 Å². The number of hydrogen-bond donors (Lipinski definition) is 0. The highest BCUT2D eigenvalue weighted by Crippen LogP contribution is 2.54. The zero-order valence-electron chi connectivity index (χ0n) is 19.5. The third-order valence-electron chi connectivity index (χ3n) is 5.64. The van der Waals surface area contributed by atoms with Crippen molar-refractivity contribution in [2.45, 2.75) is 98.3 Å². The van der Waals surface area contributed by atoms with E-state index in [0.29, 0.717) is 18.8 Å². The highest BCUT2D eigenvalue weighted by molar-refractivity contribution is 7.48. The van der Waals surface area contributed by atoms with Crippen LogP contribution in [0, 0.1) is 11.8 Å². The van der Waals surface area contributed by atoms with Gasteiger partial charge in [0.15, 0.2) is 0 Å². The van der Waals surface area contributed by atoms with Crippen LogP contribution in [0.1, 0.15) is 98.3 Å². The normalized spacial score (nSPS) is 22.1. The molecule has 1 heterocycles. The van der Waals surface area contributed by atoms with E-state index in [1.807, 2.05) is 6.92 Å². The third-order valence-corrected chi connectivity index (χ3v) is 7.10. The molecule has 7 heteroatoms. The fourth-order valence-electron chi connectivity index (χ4n) is 3.50. The van der Waals surface area contributed by atoms with Gasteiger partial charge in [-0.05, 0) is 31.8 Å². The van der Waals surface area contributed by atoms with Crippen molar-refractivity contribution in [2.75, 3.05) is 19.8 Å². The molecule has 0 saturated carbocycles. The Morgan fingerprint density at radius 2 is 1.57 bits per heavy atom. The van der Waals surface area contributed by atoms with Gasteiger partial charge in [0.25, 0.3) is 6.47 Å². The lowest BCUT2D eigenvalue weighted by molar-refractivity contribution is -0.129. The van der Waals surface area contributed by atoms with Gasteiger partial charge in [0.2, 0.25) is 0 Å². The Morgan fingerprint density at radius 1 is 1.00 bits per heavy atom. The molecular formula is C23H43O6P. The molecule has 1 aliphatic heterocycles. The van der Waals surface area contributed by atoms with Crippen molar-refractivity contribution in [1.82, 2.24) is 0 Å². The van der Waals surface area contributed by atoms with Crippen molar-refractivity contribution in [3.05, 3.63) is 11.3 Å². The van der Waals surface area contributed by atoms with Gasteiger partial charge in [-0.25, -0.2) is 4.57 Å². The molecule has 6 nitrogen and oxygen atoms in total. The quantitative estimate of drug-likeness (QED) is 0.134. The van der Waals surface area contributed by atoms with Crippen LogP contribution in [0.4, 0.5) is 0 Å². The van der Waals surface area contributed by atoms with E-state index < -0.39 is 7.82 Å². The summed E-state index contributed by atoms with van der Waals surface area (Å²) in [7, 11) is -3.61. The smallest absolute Gasteiger partial charge is 0.467 e. The summed E-state index contributed by atoms with van der Waals surface area (Å²) in [5.41, 5.74) is 0.859. The zero-order valence-corrected chi connectivity index (χ0v) is 20.4. The van der Waals surface area contributed by atoms with E-state index in [-0.39, 0.29) is 19.1 Å². The summed E-state index contributed by atoms with van der Waals surface area (Å²) in [6, 6.07) is 0. The van der Waals surface area contributed by atoms with Gasteiger partial charge in [-0.3, -0.25) is 13.8 Å². The Morgan fingerprint density at radius 3 is 2.13 bits per heavy atom. The molecule has 0 aliphatic carbocycles. The minimum absolute atomic E-state index is 0.145. The van der Waals surface area contributed by atoms with E-state index >= 15 is 0 Å². The monoisotopic (exact) mass is 446 g/mol. The van der Waals surface area contributed by atoms with E-state index in [0.717, 1.165) is 24.3 Å². The standard InChI is InChI=1S/C23H43O6P/c1-20(2)15-13-11-9-7-5-6-8-10-12-14-16-27-30(25)28-18-23(17-26-19-24)21(3)22(4)29-30/h19-20,23H,5-18H2,1-4H3. The van der Waals surface area contributed by atoms with Crippen LogP contribution in [0.15, 0.2) is 11.3 Å². The minimum atomic E-state index is -3.61. The summed E-state index contributed by atoms with van der Waals surface area (Å²) in [6.07, 6.45) is 13.8. The first-order valence-electron chi connectivity index (χ1n) is 11.7. The Balaban J connectivity index is 2.08. The maximum absolute atomic E-state index is 12.7. The number of carbonyl (C=O) groups excluding carboxylic acids is 1. The van der Waals surface area contributed by atoms with Gasteiger partial charge >= 0.3 is 7.82 Å². The molecule has 0 bridgehead atoms. The summed E-state index contributed by atoms with van der Waals surface area (Å²) in [5, 5.41) is 0. The number of phosphoric ester groups is 1. The molecule has 2 atom stereocenters. The minimum Gasteiger partial charge on any atom is -0.467 e. The van der Waals surface area contributed by atoms with Crippen LogP contribution in [-0.4, -0.2) is 26.3 Å². The maximum atomic E-state index is 12.7. The first-order chi connectivity index (χ1) is 14.4. The average molecular weight is 447 g/mol. The van der Waals surface area contributed by atoms with E-state index in [1.54, 1.807) is 6.92 Å². The predicted molar refractivity (Wildman–Crippen MR) is 120 cm³/mol. The SMILES string of the molecule is CC1=C(C)C(COC=O)COP(=O)(OCCCCCCCCCCCCC(C)C)O1. The van der Waals surface area contributed by atoms with Crippen molar-refractivity contribution in [2.24, 2.45) is 11.8 Å². The van der Waals surface area contributed by atoms with Crippen LogP contribution in [0.3, 0.4) is 0 Å². The van der Waals surface area contributed by atoms with E-state index in [9.17, 15) is 9.36 Å². The van der Waals surface area contributed by atoms with Crippen LogP contribution in [-0.2, 0) is 27.7 Å². The van der Waals surface area contributed by atoms with Gasteiger partial charge in [0.05, 0.1) is 19.8 Å². The summed E-state index contributed by atoms with van der Waals surface area (Å²) in [5.74, 6) is 1.17. The molecule has 0 aromatic heterocycles. The molecule has 0 saturated heterocycles. The highest BCUT2D eigenvalue weighted by atomic mass is 31.2. The maximum Gasteiger partial charge on any atom is 0.529 e. The number of unbranched alkanes of at least 4 members (excludes halogenated alkanes) is 9. The van der Waals surface area contributed by atoms with Crippen LogP contribution >= 0.6 is 7.82 Å². The lowest BCUT2D eigenvalue weighted by Crippen LogP contribution is -2.16. The first kappa shape index (κ1) is 27.2. The lowest BCUT2D eigenvalue weighted by Gasteiger charge is -2.16. The van der Waals surface area contributed by atoms with Gasteiger partial charge in [-0.2, -0.15) is 0 Å². The Labute approximate surface area is 183 Å². The summed E-state index contributed by atoms with van der Waals surface area (Å²) < 4.78 is 34.0. The second-order valence-electron chi connectivity index (χ2n) is 8.75. The molecule has 176 valence electrons. The number of phosphoric acid groups is 1. The molecule has 0 aromatic carbocycles. The van der Waals surface area contributed by atoms with Crippen molar-refractivity contribution in [3.63, 3.8) is 0 Å². The molecular weight excluding hydrogens is 403 g/mol. The zero-order chi connectivity index (χ0) is 22.2. The fourth-order valence-corrected chi connectivity index (χ4v) is 4.87. The number of allylic oxidation sites excluding steroid dienone is 1. The van der Waals surface area contributed by atoms with Crippen LogP contribution < -0.4 is 0 Å². The highest BCUT2D eigenvalue weighted by Gasteiger charge is 2.34. The molecule has 0 fully saturated rings. The van der Waals surface area contributed by atoms with Gasteiger partial charge in [0.1, 0.15) is 5.76 Å². The van der Waals surface area contributed by atoms with E-state index in [1.165, 1.54) is 57.8 Å². The molecule has 1 aliphatic rings. The second-order valence-corrected chi connectivity index (χ2v) is 10.3. The summed E-state index contributed by atoms with van der Waals surface area (Å²) in [4.78, 5) is 10.4. The van der Waals surface area contributed by atoms with Gasteiger partial charge in [0, 0.05) is 5.92 Å². The van der Waals surface area contributed by atoms with Gasteiger partial charge in [-0.1, -0.05) is 78.1 Å². The van der Waals surface area contributed by atoms with Crippen LogP contribution in [0.5, 0.6) is 0 Å². The first-order valence-corrected chi connectivity index (χ1v) is 13.2. The van der Waals surface area contributed by atoms with Crippen molar-refractivity contribution in [3.8, 4) is 0 Å². The summed E-state index contributed by atoms with van der Waals surface area (Å²) >= 11 is 0. The summed E-state index contributed by atoms with van der Waals surface area (Å²) in [6.45, 7) is 9.26. The Kier molecular flexibility index (Phi) is 14.4. The van der Waals surface area contributed by atoms with Crippen LogP contribution in [0.25, 0.3) is 0 Å². The molecule has 30 heavy (non-hydrogen) atoms. The average Bonchev–Trinajstić information content (AvgIpc) is 2.80. The molecule has 2 unspecified atom stereocenters. The largest absolute Gasteiger partial charge is 0.529 e. The molecule has 0 radical (unpaired) electrons. The Bertz CT molecular complexity index is 546. The van der Waals surface area contributed by atoms with Gasteiger partial charge < -0.3 is 9.26 Å². The van der Waals surface area contributed by atoms with E-state index in [4.69, 9.17) is 18.3 Å². The number of rotatable bonds is 17. The van der Waals surface area contributed by atoms with Crippen molar-refractivity contribution in [1.29, 1.82) is 0 Å².